The maximum atomic E-state index is 12.8. The number of rotatable bonds is 10. The molecule has 0 amide bonds. The molecule has 128 valence electrons. The highest BCUT2D eigenvalue weighted by Gasteiger charge is 2.27. The molecular weight excluding hydrogens is 326 g/mol. The van der Waals surface area contributed by atoms with Gasteiger partial charge in [0.05, 0.1) is 19.8 Å². The van der Waals surface area contributed by atoms with Crippen molar-refractivity contribution in [2.24, 2.45) is 0 Å². The first-order chi connectivity index (χ1) is 11.6. The molecule has 0 aliphatic carbocycles. The van der Waals surface area contributed by atoms with Crippen LogP contribution >= 0.6 is 7.82 Å². The van der Waals surface area contributed by atoms with E-state index in [1.54, 1.807) is 6.82 Å². The Balaban J connectivity index is 1.95. The number of hydrogen-bond acceptors (Lipinski definition) is 5. The summed E-state index contributed by atoms with van der Waals surface area (Å²) in [6.07, 6.45) is 0.355. The van der Waals surface area contributed by atoms with Gasteiger partial charge in [-0.3, -0.25) is 13.6 Å². The van der Waals surface area contributed by atoms with Gasteiger partial charge in [0.1, 0.15) is 0 Å². The number of phosphoric acid groups is 1. The van der Waals surface area contributed by atoms with Gasteiger partial charge in [-0.05, 0) is 17.4 Å². The van der Waals surface area contributed by atoms with E-state index in [1.807, 2.05) is 60.7 Å². The van der Waals surface area contributed by atoms with Gasteiger partial charge in [-0.1, -0.05) is 67.5 Å². The highest BCUT2D eigenvalue weighted by Crippen LogP contribution is 2.51. The molecule has 0 atom stereocenters. The SMILES string of the molecule is CB(O)CCOP(=O)(OCc1ccccc1)OCc1ccccc1. The Morgan fingerprint density at radius 2 is 1.33 bits per heavy atom. The smallest absolute Gasteiger partial charge is 0.451 e. The first kappa shape index (κ1) is 18.9. The van der Waals surface area contributed by atoms with Crippen LogP contribution in [0.5, 0.6) is 0 Å². The van der Waals surface area contributed by atoms with Gasteiger partial charge in [-0.2, -0.15) is 0 Å². The van der Waals surface area contributed by atoms with Gasteiger partial charge >= 0.3 is 7.82 Å². The van der Waals surface area contributed by atoms with E-state index in [1.165, 1.54) is 0 Å². The molecule has 0 bridgehead atoms. The maximum absolute atomic E-state index is 12.8. The van der Waals surface area contributed by atoms with Gasteiger partial charge in [-0.25, -0.2) is 4.57 Å². The minimum absolute atomic E-state index is 0.0958. The van der Waals surface area contributed by atoms with Crippen LogP contribution in [-0.2, 0) is 31.4 Å². The maximum Gasteiger partial charge on any atom is 0.475 e. The lowest BCUT2D eigenvalue weighted by Gasteiger charge is -2.18. The molecule has 0 aliphatic heterocycles. The minimum Gasteiger partial charge on any atom is -0.451 e. The second-order valence-corrected chi connectivity index (χ2v) is 7.11. The van der Waals surface area contributed by atoms with Crippen LogP contribution in [0, 0.1) is 0 Å². The van der Waals surface area contributed by atoms with Crippen LogP contribution < -0.4 is 0 Å². The molecule has 2 aromatic rings. The molecule has 7 heteroatoms. The van der Waals surface area contributed by atoms with E-state index in [4.69, 9.17) is 13.6 Å². The van der Waals surface area contributed by atoms with Gasteiger partial charge in [0.25, 0.3) is 6.92 Å². The Labute approximate surface area is 143 Å². The van der Waals surface area contributed by atoms with Crippen molar-refractivity contribution in [3.05, 3.63) is 71.8 Å². The van der Waals surface area contributed by atoms with Gasteiger partial charge < -0.3 is 5.02 Å². The van der Waals surface area contributed by atoms with Gasteiger partial charge in [-0.15, -0.1) is 0 Å². The highest BCUT2D eigenvalue weighted by molar-refractivity contribution is 7.48. The molecule has 0 fully saturated rings. The summed E-state index contributed by atoms with van der Waals surface area (Å²) in [5.41, 5.74) is 1.75. The quantitative estimate of drug-likeness (QED) is 0.516. The predicted molar refractivity (Wildman–Crippen MR) is 94.7 cm³/mol. The van der Waals surface area contributed by atoms with E-state index in [2.05, 4.69) is 0 Å². The van der Waals surface area contributed by atoms with Gasteiger partial charge in [0.15, 0.2) is 0 Å². The van der Waals surface area contributed by atoms with Crippen molar-refractivity contribution >= 4 is 14.7 Å². The van der Waals surface area contributed by atoms with Gasteiger partial charge in [0, 0.05) is 0 Å². The van der Waals surface area contributed by atoms with Crippen LogP contribution in [0.15, 0.2) is 60.7 Å². The zero-order valence-electron chi connectivity index (χ0n) is 13.7. The minimum atomic E-state index is -3.72. The summed E-state index contributed by atoms with van der Waals surface area (Å²) in [5.74, 6) is 0. The first-order valence-electron chi connectivity index (χ1n) is 7.87. The fraction of sp³-hybridized carbons (Fsp3) is 0.294. The molecule has 0 saturated heterocycles. The Hall–Kier alpha value is -1.43. The lowest BCUT2D eigenvalue weighted by atomic mass is 9.69. The number of hydrogen-bond donors (Lipinski definition) is 1. The summed E-state index contributed by atoms with van der Waals surface area (Å²) >= 11 is 0. The summed E-state index contributed by atoms with van der Waals surface area (Å²) in [6.45, 7) is 1.45. The zero-order valence-corrected chi connectivity index (χ0v) is 14.6. The lowest BCUT2D eigenvalue weighted by Crippen LogP contribution is -2.10. The van der Waals surface area contributed by atoms with E-state index in [-0.39, 0.29) is 19.8 Å². The Kier molecular flexibility index (Phi) is 7.70. The van der Waals surface area contributed by atoms with Crippen LogP contribution in [0.4, 0.5) is 0 Å². The predicted octanol–water partition coefficient (Wildman–Crippen LogP) is 4.16. The van der Waals surface area contributed by atoms with Crippen molar-refractivity contribution in [2.45, 2.75) is 26.4 Å². The molecule has 1 N–H and O–H groups in total. The van der Waals surface area contributed by atoms with E-state index in [0.29, 0.717) is 6.32 Å². The topological polar surface area (TPSA) is 65.0 Å². The molecule has 24 heavy (non-hydrogen) atoms. The number of phosphoric ester groups is 1. The van der Waals surface area contributed by atoms with Crippen molar-refractivity contribution < 1.29 is 23.2 Å². The fourth-order valence-electron chi connectivity index (χ4n) is 1.90. The summed E-state index contributed by atoms with van der Waals surface area (Å²) in [4.78, 5) is 0. The molecule has 0 heterocycles. The Morgan fingerprint density at radius 1 is 0.875 bits per heavy atom. The van der Waals surface area contributed by atoms with E-state index < -0.39 is 14.7 Å². The third-order valence-electron chi connectivity index (χ3n) is 3.25. The van der Waals surface area contributed by atoms with Crippen LogP contribution in [0.2, 0.25) is 13.1 Å². The summed E-state index contributed by atoms with van der Waals surface area (Å²) in [5, 5.41) is 9.31. The standard InChI is InChI=1S/C17H22BO5P/c1-18(19)12-13-21-24(20,22-14-16-8-4-2-5-9-16)23-15-17-10-6-3-7-11-17/h2-11,19H,12-15H2,1H3. The summed E-state index contributed by atoms with van der Waals surface area (Å²) in [7, 11) is -3.72. The molecule has 5 nitrogen and oxygen atoms in total. The van der Waals surface area contributed by atoms with E-state index >= 15 is 0 Å². The second kappa shape index (κ2) is 9.77. The average Bonchev–Trinajstić information content (AvgIpc) is 2.60. The fourth-order valence-corrected chi connectivity index (χ4v) is 3.07. The average molecular weight is 348 g/mol. The largest absolute Gasteiger partial charge is 0.475 e. The van der Waals surface area contributed by atoms with Crippen LogP contribution in [0.1, 0.15) is 11.1 Å². The molecule has 0 spiro atoms. The van der Waals surface area contributed by atoms with Crippen molar-refractivity contribution in [1.82, 2.24) is 0 Å². The van der Waals surface area contributed by atoms with Crippen LogP contribution in [-0.4, -0.2) is 18.5 Å². The van der Waals surface area contributed by atoms with Crippen molar-refractivity contribution in [3.63, 3.8) is 0 Å². The molecule has 0 aliphatic rings. The lowest BCUT2D eigenvalue weighted by molar-refractivity contribution is 0.106. The Morgan fingerprint density at radius 3 is 1.75 bits per heavy atom. The van der Waals surface area contributed by atoms with E-state index in [0.717, 1.165) is 11.1 Å². The first-order valence-corrected chi connectivity index (χ1v) is 9.33. The van der Waals surface area contributed by atoms with Crippen LogP contribution in [0.3, 0.4) is 0 Å². The highest BCUT2D eigenvalue weighted by atomic mass is 31.2. The van der Waals surface area contributed by atoms with Gasteiger partial charge in [0.2, 0.25) is 0 Å². The molecule has 0 saturated carbocycles. The molecule has 2 aromatic carbocycles. The van der Waals surface area contributed by atoms with Crippen LogP contribution in [0.25, 0.3) is 0 Å². The van der Waals surface area contributed by atoms with Crippen molar-refractivity contribution in [1.29, 1.82) is 0 Å². The summed E-state index contributed by atoms with van der Waals surface area (Å²) in [6, 6.07) is 18.8. The zero-order chi connectivity index (χ0) is 17.3. The Bertz CT molecular complexity index is 588. The molecular formula is C17H22BO5P. The molecule has 0 aromatic heterocycles. The van der Waals surface area contributed by atoms with Crippen molar-refractivity contribution in [3.8, 4) is 0 Å². The molecule has 2 rings (SSSR count). The third-order valence-corrected chi connectivity index (χ3v) is 4.64. The number of benzene rings is 2. The van der Waals surface area contributed by atoms with Crippen molar-refractivity contribution in [2.75, 3.05) is 6.61 Å². The monoisotopic (exact) mass is 348 g/mol. The second-order valence-electron chi connectivity index (χ2n) is 5.44. The summed E-state index contributed by atoms with van der Waals surface area (Å²) < 4.78 is 29.0. The molecule has 0 unspecified atom stereocenters. The normalized spacial score (nSPS) is 11.4. The third kappa shape index (κ3) is 6.99. The van der Waals surface area contributed by atoms with E-state index in [9.17, 15) is 9.59 Å². The molecule has 0 radical (unpaired) electrons.